The number of esters is 1. The second-order valence-corrected chi connectivity index (χ2v) is 7.56. The van der Waals surface area contributed by atoms with Gasteiger partial charge in [-0.1, -0.05) is 67.6 Å². The average Bonchev–Trinajstić information content (AvgIpc) is 2.77. The molecule has 2 unspecified atom stereocenters. The van der Waals surface area contributed by atoms with Gasteiger partial charge < -0.3 is 9.84 Å². The van der Waals surface area contributed by atoms with Gasteiger partial charge in [0.15, 0.2) is 0 Å². The standard InChI is InChI=1S/2C13H16O3/c1-3-13(10(2)14,12(15)16)9-11-7-5-4-6-8-11;1-3-16-13(15)12(10(2)14)9-11-7-5-4-6-8-11/h4-8H,3,9H2,1-2H3,(H,15,16);4-8,12H,3,9H2,1-2H3. The third kappa shape index (κ3) is 7.76. The number of carbonyl (C=O) groups excluding carboxylic acids is 3. The van der Waals surface area contributed by atoms with Gasteiger partial charge in [0.05, 0.1) is 6.61 Å². The molecule has 2 aromatic carbocycles. The van der Waals surface area contributed by atoms with Crippen LogP contribution in [0.2, 0.25) is 0 Å². The molecule has 0 spiro atoms. The highest BCUT2D eigenvalue weighted by atomic mass is 16.5. The minimum absolute atomic E-state index is 0.151. The molecule has 0 aromatic heterocycles. The number of carboxylic acid groups (broad SMARTS) is 1. The van der Waals surface area contributed by atoms with Crippen LogP contribution in [0, 0.1) is 11.3 Å². The van der Waals surface area contributed by atoms with Gasteiger partial charge in [-0.3, -0.25) is 19.2 Å². The topological polar surface area (TPSA) is 97.7 Å². The highest BCUT2D eigenvalue weighted by Crippen LogP contribution is 2.28. The third-order valence-corrected chi connectivity index (χ3v) is 5.38. The molecule has 0 fully saturated rings. The SMILES string of the molecule is CCC(Cc1ccccc1)(C(C)=O)C(=O)O.CCOC(=O)C(Cc1ccccc1)C(C)=O. The van der Waals surface area contributed by atoms with Gasteiger partial charge in [-0.15, -0.1) is 0 Å². The zero-order valence-electron chi connectivity index (χ0n) is 19.2. The number of carbonyl (C=O) groups is 4. The van der Waals surface area contributed by atoms with E-state index in [0.717, 1.165) is 11.1 Å². The van der Waals surface area contributed by atoms with Crippen LogP contribution in [-0.2, 0) is 36.8 Å². The van der Waals surface area contributed by atoms with Crippen molar-refractivity contribution in [3.05, 3.63) is 71.8 Å². The first-order valence-electron chi connectivity index (χ1n) is 10.7. The fraction of sp³-hybridized carbons (Fsp3) is 0.385. The summed E-state index contributed by atoms with van der Waals surface area (Å²) in [6.07, 6.45) is 0.983. The van der Waals surface area contributed by atoms with Crippen molar-refractivity contribution in [3.63, 3.8) is 0 Å². The maximum atomic E-state index is 11.6. The fourth-order valence-electron chi connectivity index (χ4n) is 3.31. The number of ether oxygens (including phenoxy) is 1. The summed E-state index contributed by atoms with van der Waals surface area (Å²) in [4.78, 5) is 45.7. The lowest BCUT2D eigenvalue weighted by atomic mass is 9.76. The second kappa shape index (κ2) is 13.2. The zero-order chi connectivity index (χ0) is 24.1. The van der Waals surface area contributed by atoms with Crippen LogP contribution in [0.3, 0.4) is 0 Å². The molecule has 1 N–H and O–H groups in total. The minimum atomic E-state index is -1.28. The molecule has 2 aromatic rings. The molecule has 0 radical (unpaired) electrons. The summed E-state index contributed by atoms with van der Waals surface area (Å²) in [5, 5.41) is 9.23. The molecule has 0 saturated heterocycles. The molecular weight excluding hydrogens is 408 g/mol. The number of hydrogen-bond donors (Lipinski definition) is 1. The normalized spacial score (nSPS) is 13.0. The summed E-state index contributed by atoms with van der Waals surface area (Å²) in [5.74, 6) is -2.58. The summed E-state index contributed by atoms with van der Waals surface area (Å²) in [7, 11) is 0. The van der Waals surface area contributed by atoms with E-state index in [1.165, 1.54) is 13.8 Å². The second-order valence-electron chi connectivity index (χ2n) is 7.56. The van der Waals surface area contributed by atoms with Crippen molar-refractivity contribution in [1.29, 1.82) is 0 Å². The van der Waals surface area contributed by atoms with E-state index in [9.17, 15) is 24.3 Å². The lowest BCUT2D eigenvalue weighted by molar-refractivity contribution is -0.155. The average molecular weight is 441 g/mol. The van der Waals surface area contributed by atoms with Gasteiger partial charge >= 0.3 is 11.9 Å². The van der Waals surface area contributed by atoms with Crippen LogP contribution < -0.4 is 0 Å². The molecule has 0 bridgehead atoms. The van der Waals surface area contributed by atoms with Crippen molar-refractivity contribution < 1.29 is 29.0 Å². The number of carboxylic acids is 1. The molecule has 2 rings (SSSR count). The van der Waals surface area contributed by atoms with E-state index in [4.69, 9.17) is 4.74 Å². The Morgan fingerprint density at radius 1 is 0.875 bits per heavy atom. The Balaban J connectivity index is 0.000000320. The molecule has 0 saturated carbocycles. The number of benzene rings is 2. The maximum absolute atomic E-state index is 11.6. The molecule has 0 aliphatic rings. The Morgan fingerprint density at radius 2 is 1.38 bits per heavy atom. The molecule has 0 heterocycles. The van der Waals surface area contributed by atoms with E-state index in [-0.39, 0.29) is 18.0 Å². The van der Waals surface area contributed by atoms with Crippen LogP contribution in [0.1, 0.15) is 45.2 Å². The number of ketones is 2. The summed E-state index contributed by atoms with van der Waals surface area (Å²) in [5.41, 5.74) is 0.569. The van der Waals surface area contributed by atoms with E-state index in [0.29, 0.717) is 19.4 Å². The zero-order valence-corrected chi connectivity index (χ0v) is 19.2. The van der Waals surface area contributed by atoms with Crippen LogP contribution >= 0.6 is 0 Å². The molecule has 32 heavy (non-hydrogen) atoms. The number of aliphatic carboxylic acids is 1. The molecule has 6 nitrogen and oxygen atoms in total. The Hall–Kier alpha value is -3.28. The predicted octanol–water partition coefficient (Wildman–Crippen LogP) is 4.30. The Bertz CT molecular complexity index is 872. The third-order valence-electron chi connectivity index (χ3n) is 5.38. The number of Topliss-reactive ketones (excluding diaryl/α,β-unsaturated/α-hetero) is 2. The maximum Gasteiger partial charge on any atom is 0.317 e. The van der Waals surface area contributed by atoms with Crippen LogP contribution in [0.15, 0.2) is 60.7 Å². The van der Waals surface area contributed by atoms with Crippen LogP contribution in [0.5, 0.6) is 0 Å². The molecular formula is C26H32O6. The Labute approximate surface area is 189 Å². The summed E-state index contributed by atoms with van der Waals surface area (Å²) >= 11 is 0. The van der Waals surface area contributed by atoms with E-state index in [2.05, 4.69) is 0 Å². The molecule has 0 aliphatic carbocycles. The van der Waals surface area contributed by atoms with Crippen LogP contribution in [-0.4, -0.2) is 35.2 Å². The quantitative estimate of drug-likeness (QED) is 0.437. The van der Waals surface area contributed by atoms with Crippen molar-refractivity contribution in [3.8, 4) is 0 Å². The lowest BCUT2D eigenvalue weighted by Crippen LogP contribution is -2.39. The predicted molar refractivity (Wildman–Crippen MR) is 122 cm³/mol. The Morgan fingerprint density at radius 3 is 1.75 bits per heavy atom. The molecule has 2 atom stereocenters. The van der Waals surface area contributed by atoms with Gasteiger partial charge in [0.25, 0.3) is 0 Å². The lowest BCUT2D eigenvalue weighted by Gasteiger charge is -2.25. The monoisotopic (exact) mass is 440 g/mol. The van der Waals surface area contributed by atoms with Crippen molar-refractivity contribution in [1.82, 2.24) is 0 Å². The first kappa shape index (κ1) is 26.8. The van der Waals surface area contributed by atoms with Gasteiger partial charge in [0.2, 0.25) is 0 Å². The minimum Gasteiger partial charge on any atom is -0.480 e. The molecule has 172 valence electrons. The highest BCUT2D eigenvalue weighted by Gasteiger charge is 2.41. The molecule has 0 amide bonds. The number of hydrogen-bond acceptors (Lipinski definition) is 5. The first-order chi connectivity index (χ1) is 15.2. The van der Waals surface area contributed by atoms with Crippen molar-refractivity contribution in [2.24, 2.45) is 11.3 Å². The summed E-state index contributed by atoms with van der Waals surface area (Å²) in [6, 6.07) is 18.7. The molecule has 6 heteroatoms. The van der Waals surface area contributed by atoms with E-state index >= 15 is 0 Å². The van der Waals surface area contributed by atoms with E-state index in [1.807, 2.05) is 60.7 Å². The van der Waals surface area contributed by atoms with Crippen molar-refractivity contribution in [2.75, 3.05) is 6.61 Å². The van der Waals surface area contributed by atoms with Crippen LogP contribution in [0.25, 0.3) is 0 Å². The van der Waals surface area contributed by atoms with Gasteiger partial charge in [-0.25, -0.2) is 0 Å². The van der Waals surface area contributed by atoms with Gasteiger partial charge in [-0.05, 0) is 51.2 Å². The van der Waals surface area contributed by atoms with Crippen molar-refractivity contribution >= 4 is 23.5 Å². The molecule has 0 aliphatic heterocycles. The largest absolute Gasteiger partial charge is 0.480 e. The smallest absolute Gasteiger partial charge is 0.317 e. The van der Waals surface area contributed by atoms with Crippen molar-refractivity contribution in [2.45, 2.75) is 47.0 Å². The summed E-state index contributed by atoms with van der Waals surface area (Å²) in [6.45, 7) is 6.54. The van der Waals surface area contributed by atoms with Gasteiger partial charge in [0.1, 0.15) is 22.9 Å². The van der Waals surface area contributed by atoms with Gasteiger partial charge in [0, 0.05) is 0 Å². The summed E-state index contributed by atoms with van der Waals surface area (Å²) < 4.78 is 4.88. The number of rotatable bonds is 10. The van der Waals surface area contributed by atoms with Gasteiger partial charge in [-0.2, -0.15) is 0 Å². The Kier molecular flexibility index (Phi) is 11.0. The van der Waals surface area contributed by atoms with E-state index < -0.39 is 23.3 Å². The first-order valence-corrected chi connectivity index (χ1v) is 10.7. The highest BCUT2D eigenvalue weighted by molar-refractivity contribution is 6.02. The fourth-order valence-corrected chi connectivity index (χ4v) is 3.31. The van der Waals surface area contributed by atoms with Crippen LogP contribution in [0.4, 0.5) is 0 Å². The van der Waals surface area contributed by atoms with E-state index in [1.54, 1.807) is 13.8 Å².